The molecule has 2 N–H and O–H groups in total. The molecule has 1 rings (SSSR count). The first-order valence-corrected chi connectivity index (χ1v) is 7.95. The predicted molar refractivity (Wildman–Crippen MR) is 63.1 cm³/mol. The summed E-state index contributed by atoms with van der Waals surface area (Å²) in [6, 6.07) is -0.655. The molecular weight excluding hydrogens is 289 g/mol. The van der Waals surface area contributed by atoms with Gasteiger partial charge in [-0.25, -0.2) is 13.4 Å². The van der Waals surface area contributed by atoms with Crippen molar-refractivity contribution in [2.24, 2.45) is 5.73 Å². The maximum Gasteiger partial charge on any atom is 0.395 e. The average Bonchev–Trinajstić information content (AvgIpc) is 2.58. The molecule has 104 valence electrons. The highest BCUT2D eigenvalue weighted by atomic mass is 32.2. The van der Waals surface area contributed by atoms with Crippen molar-refractivity contribution < 1.29 is 21.6 Å². The first-order chi connectivity index (χ1) is 8.07. The Morgan fingerprint density at radius 2 is 2.11 bits per heavy atom. The molecule has 18 heavy (non-hydrogen) atoms. The monoisotopic (exact) mass is 302 g/mol. The molecular formula is C9H13F3N2O2S2. The lowest BCUT2D eigenvalue weighted by atomic mass is 10.2. The molecule has 1 heterocycles. The number of alkyl halides is 3. The second-order valence-electron chi connectivity index (χ2n) is 3.98. The van der Waals surface area contributed by atoms with Crippen LogP contribution in [0.2, 0.25) is 0 Å². The number of aromatic nitrogens is 1. The molecule has 0 aliphatic heterocycles. The lowest BCUT2D eigenvalue weighted by molar-refractivity contribution is -0.127. The van der Waals surface area contributed by atoms with E-state index in [2.05, 4.69) is 4.98 Å². The molecule has 0 radical (unpaired) electrons. The van der Waals surface area contributed by atoms with Gasteiger partial charge >= 0.3 is 6.18 Å². The van der Waals surface area contributed by atoms with Gasteiger partial charge in [0.2, 0.25) is 0 Å². The Balaban J connectivity index is 2.62. The summed E-state index contributed by atoms with van der Waals surface area (Å²) < 4.78 is 58.2. The molecule has 0 saturated carbocycles. The van der Waals surface area contributed by atoms with Gasteiger partial charge in [-0.2, -0.15) is 13.2 Å². The SMILES string of the molecule is CS(=O)(=O)CCC(N)c1csc(CC(F)(F)F)n1. The van der Waals surface area contributed by atoms with Crippen LogP contribution in [0, 0.1) is 0 Å². The molecule has 1 aromatic heterocycles. The van der Waals surface area contributed by atoms with Gasteiger partial charge in [-0.1, -0.05) is 0 Å². The number of halogens is 3. The molecule has 0 aliphatic carbocycles. The largest absolute Gasteiger partial charge is 0.395 e. The third kappa shape index (κ3) is 5.78. The zero-order chi connectivity index (χ0) is 14.0. The van der Waals surface area contributed by atoms with E-state index in [-0.39, 0.29) is 17.2 Å². The van der Waals surface area contributed by atoms with Gasteiger partial charge in [0.25, 0.3) is 0 Å². The van der Waals surface area contributed by atoms with E-state index < -0.39 is 28.5 Å². The molecule has 0 spiro atoms. The van der Waals surface area contributed by atoms with Crippen LogP contribution in [0.5, 0.6) is 0 Å². The summed E-state index contributed by atoms with van der Waals surface area (Å²) in [4.78, 5) is 3.77. The average molecular weight is 302 g/mol. The molecule has 0 fully saturated rings. The second kappa shape index (κ2) is 5.54. The van der Waals surface area contributed by atoms with E-state index in [1.807, 2.05) is 0 Å². The first kappa shape index (κ1) is 15.4. The molecule has 1 unspecified atom stereocenters. The van der Waals surface area contributed by atoms with Gasteiger partial charge in [-0.3, -0.25) is 0 Å². The molecule has 1 aromatic rings. The van der Waals surface area contributed by atoms with Crippen molar-refractivity contribution in [1.29, 1.82) is 0 Å². The lowest BCUT2D eigenvalue weighted by Gasteiger charge is -2.07. The van der Waals surface area contributed by atoms with Crippen LogP contribution in [-0.2, 0) is 16.3 Å². The fraction of sp³-hybridized carbons (Fsp3) is 0.667. The van der Waals surface area contributed by atoms with Gasteiger partial charge in [0, 0.05) is 17.7 Å². The van der Waals surface area contributed by atoms with E-state index in [9.17, 15) is 21.6 Å². The van der Waals surface area contributed by atoms with Crippen molar-refractivity contribution in [2.45, 2.75) is 25.1 Å². The van der Waals surface area contributed by atoms with Crippen LogP contribution in [0.1, 0.15) is 23.2 Å². The molecule has 0 saturated heterocycles. The zero-order valence-corrected chi connectivity index (χ0v) is 11.2. The summed E-state index contributed by atoms with van der Waals surface area (Å²) in [5.74, 6) is -0.111. The van der Waals surface area contributed by atoms with Crippen LogP contribution in [0.3, 0.4) is 0 Å². The highest BCUT2D eigenvalue weighted by molar-refractivity contribution is 7.90. The molecule has 0 aliphatic rings. The number of hydrogen-bond donors (Lipinski definition) is 1. The van der Waals surface area contributed by atoms with E-state index in [1.54, 1.807) is 0 Å². The Morgan fingerprint density at radius 1 is 1.50 bits per heavy atom. The molecule has 0 bridgehead atoms. The van der Waals surface area contributed by atoms with Crippen LogP contribution < -0.4 is 5.73 Å². The summed E-state index contributed by atoms with van der Waals surface area (Å²) >= 11 is 0.878. The standard InChI is InChI=1S/C9H13F3N2O2S2/c1-18(15,16)3-2-6(13)7-5-17-8(14-7)4-9(10,11)12/h5-6H,2-4,13H2,1H3. The summed E-state index contributed by atoms with van der Waals surface area (Å²) in [7, 11) is -3.13. The van der Waals surface area contributed by atoms with Crippen molar-refractivity contribution in [1.82, 2.24) is 4.98 Å². The molecule has 9 heteroatoms. The molecule has 0 aromatic carbocycles. The highest BCUT2D eigenvalue weighted by Crippen LogP contribution is 2.25. The smallest absolute Gasteiger partial charge is 0.323 e. The topological polar surface area (TPSA) is 73.0 Å². The van der Waals surface area contributed by atoms with Crippen molar-refractivity contribution in [3.05, 3.63) is 16.1 Å². The van der Waals surface area contributed by atoms with E-state index >= 15 is 0 Å². The van der Waals surface area contributed by atoms with Crippen LogP contribution >= 0.6 is 11.3 Å². The first-order valence-electron chi connectivity index (χ1n) is 5.01. The molecule has 4 nitrogen and oxygen atoms in total. The number of rotatable bonds is 5. The van der Waals surface area contributed by atoms with E-state index in [1.165, 1.54) is 5.38 Å². The number of nitrogens with two attached hydrogens (primary N) is 1. The van der Waals surface area contributed by atoms with Crippen LogP contribution in [0.4, 0.5) is 13.2 Å². The Kier molecular flexibility index (Phi) is 4.73. The number of sulfone groups is 1. The van der Waals surface area contributed by atoms with Crippen LogP contribution in [-0.4, -0.2) is 31.6 Å². The predicted octanol–water partition coefficient (Wildman–Crippen LogP) is 1.68. The van der Waals surface area contributed by atoms with Gasteiger partial charge < -0.3 is 5.73 Å². The maximum atomic E-state index is 12.1. The Hall–Kier alpha value is -0.670. The molecule has 1 atom stereocenters. The van der Waals surface area contributed by atoms with E-state index in [4.69, 9.17) is 5.73 Å². The van der Waals surface area contributed by atoms with Crippen molar-refractivity contribution in [3.63, 3.8) is 0 Å². The summed E-state index contributed by atoms with van der Waals surface area (Å²) in [6.45, 7) is 0. The number of hydrogen-bond acceptors (Lipinski definition) is 5. The fourth-order valence-electron chi connectivity index (χ4n) is 1.24. The maximum absolute atomic E-state index is 12.1. The van der Waals surface area contributed by atoms with Gasteiger partial charge in [0.1, 0.15) is 14.8 Å². The van der Waals surface area contributed by atoms with Gasteiger partial charge in [0.15, 0.2) is 0 Å². The summed E-state index contributed by atoms with van der Waals surface area (Å²) in [5.41, 5.74) is 5.99. The second-order valence-corrected chi connectivity index (χ2v) is 7.19. The minimum absolute atomic E-state index is 0.0627. The zero-order valence-electron chi connectivity index (χ0n) is 9.57. The van der Waals surface area contributed by atoms with Crippen molar-refractivity contribution in [3.8, 4) is 0 Å². The minimum atomic E-state index is -4.30. The Labute approximate surface area is 107 Å². The normalized spacial score (nSPS) is 14.7. The fourth-order valence-corrected chi connectivity index (χ4v) is 2.81. The van der Waals surface area contributed by atoms with Gasteiger partial charge in [-0.15, -0.1) is 11.3 Å². The van der Waals surface area contributed by atoms with Crippen molar-refractivity contribution >= 4 is 21.2 Å². The summed E-state index contributed by atoms with van der Waals surface area (Å²) in [6.07, 6.45) is -4.16. The van der Waals surface area contributed by atoms with Crippen LogP contribution in [0.15, 0.2) is 5.38 Å². The van der Waals surface area contributed by atoms with Crippen molar-refractivity contribution in [2.75, 3.05) is 12.0 Å². The van der Waals surface area contributed by atoms with E-state index in [0.717, 1.165) is 17.6 Å². The Bertz CT molecular complexity index is 496. The quantitative estimate of drug-likeness (QED) is 0.898. The molecule has 0 amide bonds. The minimum Gasteiger partial charge on any atom is -0.323 e. The number of thiazole rings is 1. The summed E-state index contributed by atoms with van der Waals surface area (Å²) in [5, 5.41) is 1.38. The third-order valence-electron chi connectivity index (χ3n) is 2.10. The van der Waals surface area contributed by atoms with Crippen LogP contribution in [0.25, 0.3) is 0 Å². The Morgan fingerprint density at radius 3 is 2.61 bits per heavy atom. The highest BCUT2D eigenvalue weighted by Gasteiger charge is 2.29. The third-order valence-corrected chi connectivity index (χ3v) is 3.95. The van der Waals surface area contributed by atoms with E-state index in [0.29, 0.717) is 5.69 Å². The van der Waals surface area contributed by atoms with Gasteiger partial charge in [-0.05, 0) is 6.42 Å². The number of nitrogens with zero attached hydrogens (tertiary/aromatic N) is 1. The van der Waals surface area contributed by atoms with Gasteiger partial charge in [0.05, 0.1) is 17.9 Å². The lowest BCUT2D eigenvalue weighted by Crippen LogP contribution is -2.16.